The smallest absolute Gasteiger partial charge is 0.278 e. The second-order valence-electron chi connectivity index (χ2n) is 8.48. The minimum atomic E-state index is -0.342. The number of aryl methyl sites for hydroxylation is 2. The van der Waals surface area contributed by atoms with Crippen LogP contribution in [0.3, 0.4) is 0 Å². The summed E-state index contributed by atoms with van der Waals surface area (Å²) in [5.74, 6) is 0.511. The zero-order valence-electron chi connectivity index (χ0n) is 20.1. The summed E-state index contributed by atoms with van der Waals surface area (Å²) in [5, 5.41) is 3.20. The van der Waals surface area contributed by atoms with Crippen LogP contribution in [0.5, 0.6) is 11.5 Å². The summed E-state index contributed by atoms with van der Waals surface area (Å²) in [7, 11) is 3.13. The highest BCUT2D eigenvalue weighted by atomic mass is 16.5. The molecule has 2 heterocycles. The van der Waals surface area contributed by atoms with Crippen LogP contribution < -0.4 is 14.8 Å². The van der Waals surface area contributed by atoms with Gasteiger partial charge in [0.2, 0.25) is 0 Å². The maximum Gasteiger partial charge on any atom is 0.278 e. The summed E-state index contributed by atoms with van der Waals surface area (Å²) >= 11 is 0. The molecule has 4 rings (SSSR count). The Morgan fingerprint density at radius 2 is 1.71 bits per heavy atom. The van der Waals surface area contributed by atoms with Crippen molar-refractivity contribution in [2.75, 3.05) is 58.9 Å². The minimum Gasteiger partial charge on any atom is -0.497 e. The fraction of sp³-hybridized carbons (Fsp3) is 0.385. The van der Waals surface area contributed by atoms with Gasteiger partial charge in [-0.2, -0.15) is 0 Å². The predicted molar refractivity (Wildman–Crippen MR) is 130 cm³/mol. The van der Waals surface area contributed by atoms with Crippen LogP contribution in [-0.2, 0) is 14.3 Å². The molecule has 1 saturated heterocycles. The molecule has 8 heteroatoms. The van der Waals surface area contributed by atoms with E-state index in [0.29, 0.717) is 49.1 Å². The van der Waals surface area contributed by atoms with Gasteiger partial charge in [0.25, 0.3) is 11.8 Å². The number of benzene rings is 2. The number of carbonyl (C=O) groups excluding carboxylic acids is 2. The molecular formula is C26H31N3O5. The average Bonchev–Trinajstić information content (AvgIpc) is 3.07. The molecule has 2 aliphatic heterocycles. The predicted octanol–water partition coefficient (Wildman–Crippen LogP) is 2.84. The van der Waals surface area contributed by atoms with Gasteiger partial charge in [0.1, 0.15) is 17.2 Å². The number of imide groups is 1. The molecule has 180 valence electrons. The van der Waals surface area contributed by atoms with Crippen LogP contribution in [0.15, 0.2) is 42.1 Å². The van der Waals surface area contributed by atoms with Gasteiger partial charge >= 0.3 is 0 Å². The van der Waals surface area contributed by atoms with Gasteiger partial charge in [0, 0.05) is 32.2 Å². The van der Waals surface area contributed by atoms with Crippen LogP contribution in [0.4, 0.5) is 5.69 Å². The van der Waals surface area contributed by atoms with Crippen molar-refractivity contribution in [3.63, 3.8) is 0 Å². The topological polar surface area (TPSA) is 80.3 Å². The summed E-state index contributed by atoms with van der Waals surface area (Å²) in [5.41, 5.74) is 3.98. The summed E-state index contributed by atoms with van der Waals surface area (Å²) < 4.78 is 16.2. The quantitative estimate of drug-likeness (QED) is 0.601. The zero-order valence-corrected chi connectivity index (χ0v) is 20.1. The van der Waals surface area contributed by atoms with E-state index in [1.807, 2.05) is 32.0 Å². The zero-order chi connectivity index (χ0) is 24.2. The number of morpholine rings is 1. The number of nitrogens with one attached hydrogen (secondary N) is 1. The highest BCUT2D eigenvalue weighted by Gasteiger charge is 2.40. The second kappa shape index (κ2) is 10.3. The summed E-state index contributed by atoms with van der Waals surface area (Å²) in [6.45, 7) is 7.80. The van der Waals surface area contributed by atoms with E-state index < -0.39 is 0 Å². The lowest BCUT2D eigenvalue weighted by atomic mass is 9.97. The molecule has 2 aromatic carbocycles. The molecule has 2 aliphatic rings. The van der Waals surface area contributed by atoms with E-state index in [-0.39, 0.29) is 17.5 Å². The van der Waals surface area contributed by atoms with E-state index in [0.717, 1.165) is 29.8 Å². The van der Waals surface area contributed by atoms with E-state index in [4.69, 9.17) is 14.2 Å². The van der Waals surface area contributed by atoms with E-state index in [1.54, 1.807) is 32.4 Å². The van der Waals surface area contributed by atoms with E-state index in [1.165, 1.54) is 4.90 Å². The third-order valence-corrected chi connectivity index (χ3v) is 6.23. The highest BCUT2D eigenvalue weighted by Crippen LogP contribution is 2.36. The van der Waals surface area contributed by atoms with Gasteiger partial charge in [-0.05, 0) is 37.1 Å². The minimum absolute atomic E-state index is 0.252. The van der Waals surface area contributed by atoms with Crippen molar-refractivity contribution >= 4 is 23.1 Å². The number of carbonyl (C=O) groups is 2. The summed E-state index contributed by atoms with van der Waals surface area (Å²) in [6.07, 6.45) is 0. The molecule has 0 radical (unpaired) electrons. The lowest BCUT2D eigenvalue weighted by Crippen LogP contribution is -2.43. The van der Waals surface area contributed by atoms with Gasteiger partial charge in [-0.3, -0.25) is 19.4 Å². The first-order chi connectivity index (χ1) is 16.4. The number of hydrogen-bond donors (Lipinski definition) is 1. The highest BCUT2D eigenvalue weighted by molar-refractivity contribution is 6.36. The van der Waals surface area contributed by atoms with Gasteiger partial charge in [-0.25, -0.2) is 0 Å². The van der Waals surface area contributed by atoms with Gasteiger partial charge in [0.15, 0.2) is 0 Å². The molecule has 0 spiro atoms. The van der Waals surface area contributed by atoms with E-state index in [2.05, 4.69) is 10.2 Å². The van der Waals surface area contributed by atoms with Crippen molar-refractivity contribution in [3.05, 3.63) is 58.8 Å². The first-order valence-electron chi connectivity index (χ1n) is 11.4. The number of amides is 2. The molecular weight excluding hydrogens is 434 g/mol. The fourth-order valence-electron chi connectivity index (χ4n) is 4.34. The maximum absolute atomic E-state index is 13.6. The van der Waals surface area contributed by atoms with Gasteiger partial charge in [0.05, 0.1) is 38.7 Å². The third-order valence-electron chi connectivity index (χ3n) is 6.23. The van der Waals surface area contributed by atoms with Crippen molar-refractivity contribution < 1.29 is 23.8 Å². The lowest BCUT2D eigenvalue weighted by molar-refractivity contribution is -0.137. The first kappa shape index (κ1) is 23.8. The first-order valence-corrected chi connectivity index (χ1v) is 11.4. The van der Waals surface area contributed by atoms with E-state index >= 15 is 0 Å². The van der Waals surface area contributed by atoms with Crippen LogP contribution in [0.25, 0.3) is 5.57 Å². The van der Waals surface area contributed by atoms with Gasteiger partial charge < -0.3 is 19.5 Å². The Kier molecular flexibility index (Phi) is 7.19. The van der Waals surface area contributed by atoms with Gasteiger partial charge in [-0.15, -0.1) is 0 Å². The van der Waals surface area contributed by atoms with Crippen LogP contribution in [0, 0.1) is 13.8 Å². The fourth-order valence-corrected chi connectivity index (χ4v) is 4.34. The number of rotatable bonds is 8. The van der Waals surface area contributed by atoms with Crippen molar-refractivity contribution in [1.29, 1.82) is 0 Å². The molecule has 8 nitrogen and oxygen atoms in total. The molecule has 0 saturated carbocycles. The summed E-state index contributed by atoms with van der Waals surface area (Å²) in [4.78, 5) is 30.7. The van der Waals surface area contributed by atoms with Crippen LogP contribution in [0.1, 0.15) is 16.7 Å². The normalized spacial score (nSPS) is 16.9. The summed E-state index contributed by atoms with van der Waals surface area (Å²) in [6, 6.07) is 11.2. The molecule has 2 amide bonds. The molecule has 2 aromatic rings. The Morgan fingerprint density at radius 1 is 0.941 bits per heavy atom. The van der Waals surface area contributed by atoms with Gasteiger partial charge in [-0.1, -0.05) is 23.8 Å². The van der Waals surface area contributed by atoms with Crippen molar-refractivity contribution in [1.82, 2.24) is 9.80 Å². The standard InChI is InChI=1S/C26H31N3O5/c1-17-5-7-20(18(2)15-17)23-24(27-21-8-6-19(32-3)16-22(21)33-4)26(31)29(25(23)30)10-9-28-11-13-34-14-12-28/h5-8,15-16,27H,9-14H2,1-4H3. The number of hydrogen-bond acceptors (Lipinski definition) is 7. The van der Waals surface area contributed by atoms with Crippen LogP contribution in [0.2, 0.25) is 0 Å². The third kappa shape index (κ3) is 4.78. The van der Waals surface area contributed by atoms with Crippen molar-refractivity contribution in [2.45, 2.75) is 13.8 Å². The van der Waals surface area contributed by atoms with Crippen LogP contribution in [-0.4, -0.2) is 75.2 Å². The Balaban J connectivity index is 1.69. The molecule has 1 fully saturated rings. The molecule has 34 heavy (non-hydrogen) atoms. The Hall–Kier alpha value is -3.36. The number of methoxy groups -OCH3 is 2. The monoisotopic (exact) mass is 465 g/mol. The molecule has 0 aromatic heterocycles. The van der Waals surface area contributed by atoms with Crippen molar-refractivity contribution in [3.8, 4) is 11.5 Å². The molecule has 1 N–H and O–H groups in total. The Labute approximate surface area is 200 Å². The number of anilines is 1. The van der Waals surface area contributed by atoms with Crippen molar-refractivity contribution in [2.24, 2.45) is 0 Å². The van der Waals surface area contributed by atoms with Crippen LogP contribution >= 0.6 is 0 Å². The molecule has 0 atom stereocenters. The Morgan fingerprint density at radius 3 is 2.38 bits per heavy atom. The maximum atomic E-state index is 13.6. The average molecular weight is 466 g/mol. The largest absolute Gasteiger partial charge is 0.497 e. The number of ether oxygens (including phenoxy) is 3. The molecule has 0 bridgehead atoms. The second-order valence-corrected chi connectivity index (χ2v) is 8.48. The number of nitrogens with zero attached hydrogens (tertiary/aromatic N) is 2. The Bertz CT molecular complexity index is 1120. The SMILES string of the molecule is COc1ccc(NC2=C(c3ccc(C)cc3C)C(=O)N(CCN3CCOCC3)C2=O)c(OC)c1. The molecule has 0 aliphatic carbocycles. The molecule has 0 unspecified atom stereocenters. The van der Waals surface area contributed by atoms with E-state index in [9.17, 15) is 9.59 Å². The lowest BCUT2D eigenvalue weighted by Gasteiger charge is -2.28.